The summed E-state index contributed by atoms with van der Waals surface area (Å²) in [5.41, 5.74) is 4.77. The number of likely N-dealkylation sites (tertiary alicyclic amines) is 1. The third-order valence-electron chi connectivity index (χ3n) is 10.5. The largest absolute Gasteiger partial charge is 0.465 e. The maximum atomic E-state index is 13.8. The summed E-state index contributed by atoms with van der Waals surface area (Å²) in [4.78, 5) is 65.2. The highest BCUT2D eigenvalue weighted by molar-refractivity contribution is 5.98. The van der Waals surface area contributed by atoms with Crippen molar-refractivity contribution in [1.29, 1.82) is 0 Å². The molecule has 2 aliphatic rings. The number of aryl methyl sites for hydroxylation is 1. The van der Waals surface area contributed by atoms with Gasteiger partial charge in [0.05, 0.1) is 0 Å². The highest BCUT2D eigenvalue weighted by atomic mass is 16.6. The molecule has 4 aromatic rings. The highest BCUT2D eigenvalue weighted by Gasteiger charge is 2.31. The first-order valence-corrected chi connectivity index (χ1v) is 19.6. The molecule has 1 saturated carbocycles. The van der Waals surface area contributed by atoms with Crippen molar-refractivity contribution in [3.8, 4) is 22.5 Å². The van der Waals surface area contributed by atoms with Gasteiger partial charge in [-0.3, -0.25) is 14.4 Å². The zero-order chi connectivity index (χ0) is 41.4. The Morgan fingerprint density at radius 2 is 1.64 bits per heavy atom. The lowest BCUT2D eigenvalue weighted by atomic mass is 9.81. The fourth-order valence-corrected chi connectivity index (χ4v) is 7.39. The van der Waals surface area contributed by atoms with Crippen LogP contribution in [-0.4, -0.2) is 97.9 Å². The minimum atomic E-state index is -0.989. The molecule has 0 bridgehead atoms. The van der Waals surface area contributed by atoms with Crippen LogP contribution in [0.5, 0.6) is 0 Å². The first-order valence-electron chi connectivity index (χ1n) is 19.6. The lowest BCUT2D eigenvalue weighted by Crippen LogP contribution is -2.48. The first kappa shape index (κ1) is 41.3. The molecule has 0 radical (unpaired) electrons. The third kappa shape index (κ3) is 11.2. The summed E-state index contributed by atoms with van der Waals surface area (Å²) < 4.78 is 5.35. The molecule has 58 heavy (non-hydrogen) atoms. The smallest absolute Gasteiger partial charge is 0.407 e. The van der Waals surface area contributed by atoms with Gasteiger partial charge in [0.2, 0.25) is 17.6 Å². The normalized spacial score (nSPS) is 18.5. The number of carbonyl (C=O) groups is 5. The number of tetrazole rings is 1. The van der Waals surface area contributed by atoms with Crippen LogP contribution in [0.3, 0.4) is 0 Å². The van der Waals surface area contributed by atoms with Crippen LogP contribution in [0.25, 0.3) is 22.5 Å². The molecule has 2 fully saturated rings. The van der Waals surface area contributed by atoms with Crippen molar-refractivity contribution >= 4 is 35.6 Å². The predicted octanol–water partition coefficient (Wildman–Crippen LogP) is 5.32. The number of hydrogen-bond acceptors (Lipinski definition) is 9. The van der Waals surface area contributed by atoms with Crippen molar-refractivity contribution in [1.82, 2.24) is 41.5 Å². The van der Waals surface area contributed by atoms with E-state index in [9.17, 15) is 29.1 Å². The summed E-state index contributed by atoms with van der Waals surface area (Å²) in [6.45, 7) is 8.51. The predicted molar refractivity (Wildman–Crippen MR) is 216 cm³/mol. The van der Waals surface area contributed by atoms with Gasteiger partial charge in [-0.15, -0.1) is 10.2 Å². The van der Waals surface area contributed by atoms with Gasteiger partial charge in [-0.05, 0) is 130 Å². The van der Waals surface area contributed by atoms with E-state index in [1.165, 1.54) is 4.90 Å². The Labute approximate surface area is 336 Å². The molecule has 3 aromatic carbocycles. The van der Waals surface area contributed by atoms with Gasteiger partial charge in [-0.2, -0.15) is 5.21 Å². The van der Waals surface area contributed by atoms with Crippen LogP contribution >= 0.6 is 0 Å². The number of rotatable bonds is 12. The Hall–Kier alpha value is -6.32. The van der Waals surface area contributed by atoms with Crippen LogP contribution in [0.15, 0.2) is 66.7 Å². The second-order valence-corrected chi connectivity index (χ2v) is 16.1. The minimum absolute atomic E-state index is 0.185. The Morgan fingerprint density at radius 1 is 0.931 bits per heavy atom. The molecule has 6 N–H and O–H groups in total. The van der Waals surface area contributed by atoms with Crippen molar-refractivity contribution < 1.29 is 33.8 Å². The quantitative estimate of drug-likeness (QED) is 0.108. The Kier molecular flexibility index (Phi) is 13.0. The van der Waals surface area contributed by atoms with E-state index in [2.05, 4.69) is 41.9 Å². The van der Waals surface area contributed by atoms with E-state index >= 15 is 0 Å². The second kappa shape index (κ2) is 18.3. The molecule has 16 nitrogen and oxygen atoms in total. The molecule has 2 atom stereocenters. The standard InChI is InChI=1S/C42H51N9O7/c1-25-21-31(38(53)45-33-19-20-51(24-33)41(56)57)15-18-34(25)28-9-5-26(6-10-28)22-35(39(54)44-32-16-13-29(14-17-32)36-47-49-50-48-36)46-37(52)30-11-7-27(8-12-30)23-43-40(55)58-42(2,3)4/h5-6,9-10,13-18,21,27,30,33,35H,7-8,11-12,19-20,22-24H2,1-4H3,(H,43,55)(H,44,54)(H,45,53)(H,46,52)(H,56,57)(H,47,48,49,50)/t27?,30?,33-,35+/m1/s1. The molecular weight excluding hydrogens is 743 g/mol. The first-order chi connectivity index (χ1) is 27.7. The number of amides is 5. The molecule has 5 amide bonds. The number of anilines is 1. The van der Waals surface area contributed by atoms with Crippen LogP contribution < -0.4 is 21.3 Å². The number of nitrogens with one attached hydrogen (secondary N) is 5. The Bertz CT molecular complexity index is 2080. The lowest BCUT2D eigenvalue weighted by Gasteiger charge is -2.29. The van der Waals surface area contributed by atoms with E-state index in [1.807, 2.05) is 64.1 Å². The molecule has 16 heteroatoms. The molecule has 1 aromatic heterocycles. The summed E-state index contributed by atoms with van der Waals surface area (Å²) in [6, 6.07) is 19.1. The van der Waals surface area contributed by atoms with Crippen LogP contribution in [0.1, 0.15) is 74.4 Å². The van der Waals surface area contributed by atoms with Crippen LogP contribution in [0, 0.1) is 18.8 Å². The van der Waals surface area contributed by atoms with Gasteiger partial charge in [0, 0.05) is 54.8 Å². The lowest BCUT2D eigenvalue weighted by molar-refractivity contribution is -0.130. The average molecular weight is 794 g/mol. The summed E-state index contributed by atoms with van der Waals surface area (Å²) in [5.74, 6) is -0.415. The van der Waals surface area contributed by atoms with Crippen molar-refractivity contribution in [2.45, 2.75) is 83.9 Å². The van der Waals surface area contributed by atoms with Gasteiger partial charge in [-0.25, -0.2) is 9.59 Å². The van der Waals surface area contributed by atoms with Gasteiger partial charge in [0.15, 0.2) is 0 Å². The minimum Gasteiger partial charge on any atom is -0.465 e. The van der Waals surface area contributed by atoms with Crippen molar-refractivity contribution in [2.24, 2.45) is 11.8 Å². The van der Waals surface area contributed by atoms with E-state index in [-0.39, 0.29) is 48.6 Å². The topological polar surface area (TPSA) is 221 Å². The maximum absolute atomic E-state index is 13.8. The van der Waals surface area contributed by atoms with Gasteiger partial charge < -0.3 is 36.0 Å². The van der Waals surface area contributed by atoms with E-state index in [1.54, 1.807) is 30.3 Å². The molecular formula is C42H51N9O7. The molecule has 1 aliphatic carbocycles. The van der Waals surface area contributed by atoms with Gasteiger partial charge in [0.1, 0.15) is 11.6 Å². The van der Waals surface area contributed by atoms with Crippen LogP contribution in [0.2, 0.25) is 0 Å². The van der Waals surface area contributed by atoms with Gasteiger partial charge >= 0.3 is 12.2 Å². The number of hydrogen-bond donors (Lipinski definition) is 6. The number of benzene rings is 3. The number of aromatic amines is 1. The van der Waals surface area contributed by atoms with Crippen LogP contribution in [0.4, 0.5) is 15.3 Å². The van der Waals surface area contributed by atoms with E-state index in [0.29, 0.717) is 49.4 Å². The monoisotopic (exact) mass is 793 g/mol. The molecule has 306 valence electrons. The van der Waals surface area contributed by atoms with E-state index in [0.717, 1.165) is 40.7 Å². The average Bonchev–Trinajstić information content (AvgIpc) is 3.91. The van der Waals surface area contributed by atoms with E-state index < -0.39 is 23.8 Å². The number of alkyl carbamates (subject to hydrolysis) is 1. The molecule has 6 rings (SSSR count). The third-order valence-corrected chi connectivity index (χ3v) is 10.5. The summed E-state index contributed by atoms with van der Waals surface area (Å²) in [5, 5.41) is 35.0. The SMILES string of the molecule is Cc1cc(C(=O)N[C@@H]2CCN(C(=O)O)C2)ccc1-c1ccc(C[C@H](NC(=O)C2CCC(CNC(=O)OC(C)(C)C)CC2)C(=O)Nc2ccc(-c3nn[nH]n3)cc2)cc1. The summed E-state index contributed by atoms with van der Waals surface area (Å²) >= 11 is 0. The molecule has 1 saturated heterocycles. The van der Waals surface area contributed by atoms with Crippen molar-refractivity contribution in [3.63, 3.8) is 0 Å². The number of aromatic nitrogens is 4. The fourth-order valence-electron chi connectivity index (χ4n) is 7.39. The number of carboxylic acid groups (broad SMARTS) is 1. The zero-order valence-corrected chi connectivity index (χ0v) is 33.2. The number of ether oxygens (including phenoxy) is 1. The number of carbonyl (C=O) groups excluding carboxylic acids is 4. The summed E-state index contributed by atoms with van der Waals surface area (Å²) in [7, 11) is 0. The van der Waals surface area contributed by atoms with E-state index in [4.69, 9.17) is 4.74 Å². The summed E-state index contributed by atoms with van der Waals surface area (Å²) in [6.07, 6.45) is 2.16. The Morgan fingerprint density at radius 3 is 2.26 bits per heavy atom. The molecule has 1 aliphatic heterocycles. The highest BCUT2D eigenvalue weighted by Crippen LogP contribution is 2.30. The Balaban J connectivity index is 1.10. The second-order valence-electron chi connectivity index (χ2n) is 16.1. The van der Waals surface area contributed by atoms with Gasteiger partial charge in [0.25, 0.3) is 5.91 Å². The number of H-pyrrole nitrogens is 1. The number of nitrogens with zero attached hydrogens (tertiary/aromatic N) is 4. The van der Waals surface area contributed by atoms with Crippen molar-refractivity contribution in [2.75, 3.05) is 25.0 Å². The van der Waals surface area contributed by atoms with Crippen LogP contribution in [-0.2, 0) is 20.7 Å². The van der Waals surface area contributed by atoms with Gasteiger partial charge in [-0.1, -0.05) is 30.3 Å². The molecule has 2 heterocycles. The maximum Gasteiger partial charge on any atom is 0.407 e. The molecule has 0 spiro atoms. The fraction of sp³-hybridized carbons (Fsp3) is 0.429. The molecule has 0 unspecified atom stereocenters. The van der Waals surface area contributed by atoms with Crippen molar-refractivity contribution in [3.05, 3.63) is 83.4 Å². The zero-order valence-electron chi connectivity index (χ0n) is 33.2.